The number of benzene rings is 2. The van der Waals surface area contributed by atoms with E-state index in [0.29, 0.717) is 0 Å². The normalized spacial score (nSPS) is 25.9. The van der Waals surface area contributed by atoms with E-state index in [2.05, 4.69) is 37.8 Å². The summed E-state index contributed by atoms with van der Waals surface area (Å²) in [6.45, 7) is 6.04. The summed E-state index contributed by atoms with van der Waals surface area (Å²) in [6, 6.07) is 18.1. The third-order valence-electron chi connectivity index (χ3n) is 4.75. The molecule has 0 N–H and O–H groups in total. The van der Waals surface area contributed by atoms with Crippen molar-refractivity contribution in [3.63, 3.8) is 0 Å². The van der Waals surface area contributed by atoms with Gasteiger partial charge in [-0.2, -0.15) is 0 Å². The van der Waals surface area contributed by atoms with Gasteiger partial charge in [-0.3, -0.25) is 0 Å². The summed E-state index contributed by atoms with van der Waals surface area (Å²) in [4.78, 5) is 0. The van der Waals surface area contributed by atoms with Crippen molar-refractivity contribution < 1.29 is 14.2 Å². The molecule has 0 radical (unpaired) electrons. The summed E-state index contributed by atoms with van der Waals surface area (Å²) in [5.41, 5.74) is 2.15. The Morgan fingerprint density at radius 3 is 2.42 bits per heavy atom. The monoisotopic (exact) mass is 350 g/mol. The molecule has 1 fully saturated rings. The number of hydrogen-bond acceptors (Lipinski definition) is 3. The molecule has 0 unspecified atom stereocenters. The zero-order valence-electron chi connectivity index (χ0n) is 15.4. The molecule has 3 rings (SSSR count). The molecule has 0 spiro atoms. The van der Waals surface area contributed by atoms with E-state index in [1.165, 1.54) is 0 Å². The first-order valence-corrected chi connectivity index (χ1v) is 9.00. The van der Waals surface area contributed by atoms with Crippen LogP contribution >= 0.6 is 0 Å². The molecule has 26 heavy (non-hydrogen) atoms. The lowest BCUT2D eigenvalue weighted by Crippen LogP contribution is -2.40. The number of rotatable bonds is 6. The molecule has 136 valence electrons. The quantitative estimate of drug-likeness (QED) is 0.653. The highest BCUT2D eigenvalue weighted by atomic mass is 16.7. The van der Waals surface area contributed by atoms with E-state index in [-0.39, 0.29) is 18.1 Å². The standard InChI is InChI=1S/C23H26O3/c1-4-8-21-17(2)22(16-11-18-9-6-5-7-10-18)26-23(25-21)19-12-14-20(24-3)15-13-19/h4-7,9-17,21-23H,1,8H2,2-3H3/b16-11+/t17-,21-,22+,23-/m1/s1. The molecule has 1 aliphatic heterocycles. The van der Waals surface area contributed by atoms with Crippen molar-refractivity contribution >= 4 is 6.08 Å². The first kappa shape index (κ1) is 18.4. The molecule has 2 aromatic rings. The van der Waals surface area contributed by atoms with Gasteiger partial charge in [0.05, 0.1) is 19.3 Å². The Morgan fingerprint density at radius 1 is 1.04 bits per heavy atom. The summed E-state index contributed by atoms with van der Waals surface area (Å²) in [5, 5.41) is 0. The van der Waals surface area contributed by atoms with Crippen LogP contribution in [0.5, 0.6) is 5.75 Å². The van der Waals surface area contributed by atoms with Gasteiger partial charge in [-0.05, 0) is 24.1 Å². The Labute approximate surface area is 155 Å². The van der Waals surface area contributed by atoms with E-state index in [9.17, 15) is 0 Å². The second-order valence-electron chi connectivity index (χ2n) is 6.53. The highest BCUT2D eigenvalue weighted by Gasteiger charge is 2.35. The first-order valence-electron chi connectivity index (χ1n) is 9.00. The summed E-state index contributed by atoms with van der Waals surface area (Å²) in [6.07, 6.45) is 6.60. The highest BCUT2D eigenvalue weighted by molar-refractivity contribution is 5.49. The molecule has 0 aromatic heterocycles. The van der Waals surface area contributed by atoms with Gasteiger partial charge in [0.25, 0.3) is 0 Å². The molecule has 1 saturated heterocycles. The molecule has 3 nitrogen and oxygen atoms in total. The van der Waals surface area contributed by atoms with E-state index < -0.39 is 6.29 Å². The molecule has 2 aromatic carbocycles. The zero-order chi connectivity index (χ0) is 18.4. The van der Waals surface area contributed by atoms with Crippen molar-refractivity contribution in [3.05, 3.63) is 84.5 Å². The van der Waals surface area contributed by atoms with Crippen LogP contribution in [-0.2, 0) is 9.47 Å². The van der Waals surface area contributed by atoms with Gasteiger partial charge in [0.2, 0.25) is 0 Å². The van der Waals surface area contributed by atoms with Crippen molar-refractivity contribution in [2.75, 3.05) is 7.11 Å². The minimum atomic E-state index is -0.396. The van der Waals surface area contributed by atoms with E-state index in [1.54, 1.807) is 7.11 Å². The second-order valence-corrected chi connectivity index (χ2v) is 6.53. The van der Waals surface area contributed by atoms with Crippen molar-refractivity contribution in [3.8, 4) is 5.75 Å². The summed E-state index contributed by atoms with van der Waals surface area (Å²) in [7, 11) is 1.66. The van der Waals surface area contributed by atoms with Gasteiger partial charge in [-0.25, -0.2) is 0 Å². The topological polar surface area (TPSA) is 27.7 Å². The van der Waals surface area contributed by atoms with Gasteiger partial charge in [-0.1, -0.05) is 67.6 Å². The lowest BCUT2D eigenvalue weighted by molar-refractivity contribution is -0.258. The molecular formula is C23H26O3. The number of ether oxygens (including phenoxy) is 3. The fourth-order valence-corrected chi connectivity index (χ4v) is 3.14. The Hall–Kier alpha value is -2.36. The van der Waals surface area contributed by atoms with Crippen LogP contribution in [0.15, 0.2) is 73.3 Å². The molecule has 0 saturated carbocycles. The van der Waals surface area contributed by atoms with Gasteiger partial charge in [0.1, 0.15) is 5.75 Å². The molecule has 0 amide bonds. The van der Waals surface area contributed by atoms with Crippen molar-refractivity contribution in [1.29, 1.82) is 0 Å². The zero-order valence-corrected chi connectivity index (χ0v) is 15.4. The Bertz CT molecular complexity index is 721. The summed E-state index contributed by atoms with van der Waals surface area (Å²) in [5.74, 6) is 1.06. The predicted molar refractivity (Wildman–Crippen MR) is 105 cm³/mol. The third-order valence-corrected chi connectivity index (χ3v) is 4.75. The minimum absolute atomic E-state index is 0.0268. The molecule has 0 aliphatic carbocycles. The Morgan fingerprint density at radius 2 is 1.77 bits per heavy atom. The highest BCUT2D eigenvalue weighted by Crippen LogP contribution is 2.36. The van der Waals surface area contributed by atoms with Crippen LogP contribution in [0.3, 0.4) is 0 Å². The molecule has 1 aliphatic rings. The fourth-order valence-electron chi connectivity index (χ4n) is 3.14. The van der Waals surface area contributed by atoms with E-state index in [0.717, 1.165) is 23.3 Å². The molecule has 4 atom stereocenters. The van der Waals surface area contributed by atoms with Crippen molar-refractivity contribution in [2.24, 2.45) is 5.92 Å². The second kappa shape index (κ2) is 8.84. The first-order chi connectivity index (χ1) is 12.7. The number of methoxy groups -OCH3 is 1. The molecule has 3 heteroatoms. The lowest BCUT2D eigenvalue weighted by Gasteiger charge is -2.39. The van der Waals surface area contributed by atoms with E-state index in [4.69, 9.17) is 14.2 Å². The van der Waals surface area contributed by atoms with Crippen LogP contribution in [0.25, 0.3) is 6.08 Å². The van der Waals surface area contributed by atoms with Crippen molar-refractivity contribution in [2.45, 2.75) is 31.8 Å². The van der Waals surface area contributed by atoms with Crippen molar-refractivity contribution in [1.82, 2.24) is 0 Å². The Balaban J connectivity index is 1.80. The maximum absolute atomic E-state index is 6.27. The maximum Gasteiger partial charge on any atom is 0.184 e. The van der Waals surface area contributed by atoms with Crippen LogP contribution in [0.4, 0.5) is 0 Å². The van der Waals surface area contributed by atoms with Gasteiger partial charge < -0.3 is 14.2 Å². The van der Waals surface area contributed by atoms with Gasteiger partial charge in [0, 0.05) is 11.5 Å². The van der Waals surface area contributed by atoms with Crippen LogP contribution in [0.2, 0.25) is 0 Å². The third kappa shape index (κ3) is 4.43. The number of hydrogen-bond donors (Lipinski definition) is 0. The minimum Gasteiger partial charge on any atom is -0.497 e. The SMILES string of the molecule is C=CC[C@H]1O[C@@H](c2ccc(OC)cc2)O[C@@H](/C=C/c2ccccc2)[C@@H]1C. The van der Waals surface area contributed by atoms with E-state index in [1.807, 2.05) is 48.5 Å². The largest absolute Gasteiger partial charge is 0.497 e. The molecular weight excluding hydrogens is 324 g/mol. The summed E-state index contributed by atoms with van der Waals surface area (Å²) < 4.78 is 17.7. The van der Waals surface area contributed by atoms with Crippen LogP contribution < -0.4 is 4.74 Å². The predicted octanol–water partition coefficient (Wildman–Crippen LogP) is 5.40. The Kier molecular flexibility index (Phi) is 6.26. The van der Waals surface area contributed by atoms with Gasteiger partial charge in [-0.15, -0.1) is 6.58 Å². The van der Waals surface area contributed by atoms with Gasteiger partial charge >= 0.3 is 0 Å². The average molecular weight is 350 g/mol. The summed E-state index contributed by atoms with van der Waals surface area (Å²) >= 11 is 0. The van der Waals surface area contributed by atoms with Gasteiger partial charge in [0.15, 0.2) is 6.29 Å². The maximum atomic E-state index is 6.27. The lowest BCUT2D eigenvalue weighted by atomic mass is 9.93. The van der Waals surface area contributed by atoms with Crippen LogP contribution in [0, 0.1) is 5.92 Å². The fraction of sp³-hybridized carbons (Fsp3) is 0.304. The van der Waals surface area contributed by atoms with Crippen LogP contribution in [0.1, 0.15) is 30.8 Å². The molecule has 1 heterocycles. The average Bonchev–Trinajstić information content (AvgIpc) is 2.69. The molecule has 0 bridgehead atoms. The van der Waals surface area contributed by atoms with Crippen LogP contribution in [-0.4, -0.2) is 19.3 Å². The van der Waals surface area contributed by atoms with E-state index >= 15 is 0 Å². The smallest absolute Gasteiger partial charge is 0.184 e.